The van der Waals surface area contributed by atoms with Crippen LogP contribution in [0.2, 0.25) is 0 Å². The van der Waals surface area contributed by atoms with E-state index in [9.17, 15) is 9.59 Å². The van der Waals surface area contributed by atoms with Crippen molar-refractivity contribution in [2.24, 2.45) is 12.8 Å². The standard InChI is InChI=1S/C21H24N8O2/c1-12-14-7-3-4-8-15(14)24-16(23-12)11-29-19(30)17-18(27(2)21(29)31)26-20(25-17)28-9-5-6-13(22)10-28/h3-4,7-8,13H,5-6,9-11,22H2,1-2H3,(H,25,26)/t13-/m0/s1. The minimum absolute atomic E-state index is 0.0178. The topological polar surface area (TPSA) is 128 Å². The van der Waals surface area contributed by atoms with E-state index in [1.807, 2.05) is 36.1 Å². The summed E-state index contributed by atoms with van der Waals surface area (Å²) in [6, 6.07) is 7.73. The number of piperidine rings is 1. The number of anilines is 1. The van der Waals surface area contributed by atoms with E-state index in [0.717, 1.165) is 40.6 Å². The predicted molar refractivity (Wildman–Crippen MR) is 118 cm³/mol. The molecule has 0 aliphatic carbocycles. The van der Waals surface area contributed by atoms with Crippen molar-refractivity contribution in [1.29, 1.82) is 0 Å². The molecule has 5 rings (SSSR count). The highest BCUT2D eigenvalue weighted by atomic mass is 16.2. The Kier molecular flexibility index (Phi) is 4.58. The molecule has 0 radical (unpaired) electrons. The fourth-order valence-corrected chi connectivity index (χ4v) is 4.24. The summed E-state index contributed by atoms with van der Waals surface area (Å²) >= 11 is 0. The molecule has 0 bridgehead atoms. The minimum Gasteiger partial charge on any atom is -0.341 e. The number of aryl methyl sites for hydroxylation is 2. The molecule has 3 aromatic heterocycles. The molecule has 0 spiro atoms. The molecule has 0 amide bonds. The van der Waals surface area contributed by atoms with Crippen LogP contribution in [0.1, 0.15) is 24.4 Å². The van der Waals surface area contributed by atoms with E-state index in [1.165, 1.54) is 4.57 Å². The van der Waals surface area contributed by atoms with Crippen LogP contribution in [0.25, 0.3) is 22.1 Å². The number of rotatable bonds is 3. The molecule has 160 valence electrons. The zero-order valence-corrected chi connectivity index (χ0v) is 17.5. The van der Waals surface area contributed by atoms with Gasteiger partial charge in [-0.25, -0.2) is 14.8 Å². The van der Waals surface area contributed by atoms with E-state index in [4.69, 9.17) is 5.73 Å². The Balaban J connectivity index is 1.59. The van der Waals surface area contributed by atoms with E-state index in [-0.39, 0.29) is 18.1 Å². The molecule has 4 aromatic rings. The van der Waals surface area contributed by atoms with E-state index in [2.05, 4.69) is 19.9 Å². The maximum atomic E-state index is 13.2. The first-order chi connectivity index (χ1) is 14.9. The van der Waals surface area contributed by atoms with Crippen molar-refractivity contribution in [3.05, 3.63) is 56.6 Å². The summed E-state index contributed by atoms with van der Waals surface area (Å²) in [6.07, 6.45) is 1.92. The molecule has 3 N–H and O–H groups in total. The van der Waals surface area contributed by atoms with Crippen LogP contribution in [-0.4, -0.2) is 48.2 Å². The Morgan fingerprint density at radius 2 is 2.00 bits per heavy atom. The number of imidazole rings is 1. The molecular formula is C21H24N8O2. The molecule has 1 saturated heterocycles. The Labute approximate surface area is 177 Å². The van der Waals surface area contributed by atoms with Crippen molar-refractivity contribution in [3.8, 4) is 0 Å². The highest BCUT2D eigenvalue weighted by Crippen LogP contribution is 2.18. The van der Waals surface area contributed by atoms with Crippen molar-refractivity contribution in [1.82, 2.24) is 29.1 Å². The van der Waals surface area contributed by atoms with E-state index in [0.29, 0.717) is 24.0 Å². The normalized spacial score (nSPS) is 17.0. The summed E-state index contributed by atoms with van der Waals surface area (Å²) in [6.45, 7) is 3.34. The van der Waals surface area contributed by atoms with Gasteiger partial charge < -0.3 is 15.6 Å². The van der Waals surface area contributed by atoms with Crippen LogP contribution in [0.4, 0.5) is 5.95 Å². The number of nitrogens with zero attached hydrogens (tertiary/aromatic N) is 6. The third-order valence-corrected chi connectivity index (χ3v) is 5.86. The lowest BCUT2D eigenvalue weighted by molar-refractivity contribution is 0.501. The summed E-state index contributed by atoms with van der Waals surface area (Å²) in [5.74, 6) is 0.976. The van der Waals surface area contributed by atoms with Crippen LogP contribution in [0.5, 0.6) is 0 Å². The van der Waals surface area contributed by atoms with Crippen molar-refractivity contribution in [2.45, 2.75) is 32.4 Å². The molecule has 1 aliphatic rings. The van der Waals surface area contributed by atoms with Gasteiger partial charge in [0.05, 0.1) is 12.1 Å². The van der Waals surface area contributed by atoms with Gasteiger partial charge in [-0.05, 0) is 25.8 Å². The molecule has 1 fully saturated rings. The summed E-state index contributed by atoms with van der Waals surface area (Å²) in [7, 11) is 1.61. The quantitative estimate of drug-likeness (QED) is 0.498. The first-order valence-corrected chi connectivity index (χ1v) is 10.3. The van der Waals surface area contributed by atoms with Gasteiger partial charge in [-0.1, -0.05) is 18.2 Å². The second kappa shape index (κ2) is 7.31. The highest BCUT2D eigenvalue weighted by Gasteiger charge is 2.22. The first kappa shape index (κ1) is 19.4. The number of H-pyrrole nitrogens is 1. The van der Waals surface area contributed by atoms with Gasteiger partial charge in [0.15, 0.2) is 11.2 Å². The van der Waals surface area contributed by atoms with Gasteiger partial charge in [-0.3, -0.25) is 13.9 Å². The Bertz CT molecular complexity index is 1420. The van der Waals surface area contributed by atoms with Gasteiger partial charge >= 0.3 is 5.69 Å². The predicted octanol–water partition coefficient (Wildman–Crippen LogP) is 0.651. The van der Waals surface area contributed by atoms with E-state index >= 15 is 0 Å². The maximum absolute atomic E-state index is 13.2. The summed E-state index contributed by atoms with van der Waals surface area (Å²) in [5, 5.41) is 0.944. The summed E-state index contributed by atoms with van der Waals surface area (Å²) < 4.78 is 2.53. The first-order valence-electron chi connectivity index (χ1n) is 10.3. The number of aromatic nitrogens is 6. The average molecular weight is 420 g/mol. The summed E-state index contributed by atoms with van der Waals surface area (Å²) in [4.78, 5) is 44.9. The zero-order valence-electron chi connectivity index (χ0n) is 17.5. The molecule has 4 heterocycles. The van der Waals surface area contributed by atoms with E-state index in [1.54, 1.807) is 7.05 Å². The Morgan fingerprint density at radius 1 is 1.19 bits per heavy atom. The molecule has 10 heteroatoms. The number of hydrogen-bond donors (Lipinski definition) is 2. The Hall–Kier alpha value is -3.53. The second-order valence-electron chi connectivity index (χ2n) is 8.08. The fourth-order valence-electron chi connectivity index (χ4n) is 4.24. The van der Waals surface area contributed by atoms with Crippen LogP contribution in [-0.2, 0) is 13.6 Å². The van der Waals surface area contributed by atoms with Crippen LogP contribution >= 0.6 is 0 Å². The van der Waals surface area contributed by atoms with E-state index < -0.39 is 11.2 Å². The van der Waals surface area contributed by atoms with Gasteiger partial charge in [0.1, 0.15) is 5.82 Å². The van der Waals surface area contributed by atoms with Crippen LogP contribution in [0.15, 0.2) is 33.9 Å². The third kappa shape index (κ3) is 3.28. The minimum atomic E-state index is -0.458. The molecule has 0 saturated carbocycles. The van der Waals surface area contributed by atoms with Crippen molar-refractivity contribution in [2.75, 3.05) is 18.0 Å². The second-order valence-corrected chi connectivity index (χ2v) is 8.08. The van der Waals surface area contributed by atoms with Gasteiger partial charge in [0.2, 0.25) is 5.95 Å². The van der Waals surface area contributed by atoms with Crippen LogP contribution in [0.3, 0.4) is 0 Å². The zero-order chi connectivity index (χ0) is 21.7. The maximum Gasteiger partial charge on any atom is 0.332 e. The number of nitrogens with one attached hydrogen (secondary N) is 1. The van der Waals surface area contributed by atoms with Crippen molar-refractivity contribution in [3.63, 3.8) is 0 Å². The molecule has 10 nitrogen and oxygen atoms in total. The van der Waals surface area contributed by atoms with Crippen LogP contribution in [0, 0.1) is 6.92 Å². The van der Waals surface area contributed by atoms with Gasteiger partial charge in [0, 0.05) is 37.3 Å². The lowest BCUT2D eigenvalue weighted by Crippen LogP contribution is -2.43. The summed E-state index contributed by atoms with van der Waals surface area (Å²) in [5.41, 5.74) is 7.39. The number of aromatic amines is 1. The largest absolute Gasteiger partial charge is 0.341 e. The number of fused-ring (bicyclic) bond motifs is 2. The smallest absolute Gasteiger partial charge is 0.332 e. The highest BCUT2D eigenvalue weighted by molar-refractivity contribution is 5.80. The number of para-hydroxylation sites is 1. The molecule has 0 unspecified atom stereocenters. The number of nitrogens with two attached hydrogens (primary N) is 1. The van der Waals surface area contributed by atoms with Crippen LogP contribution < -0.4 is 21.9 Å². The number of benzene rings is 1. The lowest BCUT2D eigenvalue weighted by atomic mass is 10.1. The molecular weight excluding hydrogens is 396 g/mol. The van der Waals surface area contributed by atoms with Gasteiger partial charge in [-0.2, -0.15) is 4.98 Å². The third-order valence-electron chi connectivity index (χ3n) is 5.86. The molecule has 31 heavy (non-hydrogen) atoms. The fraction of sp³-hybridized carbons (Fsp3) is 0.381. The number of hydrogen-bond acceptors (Lipinski definition) is 7. The lowest BCUT2D eigenvalue weighted by Gasteiger charge is -2.30. The monoisotopic (exact) mass is 420 g/mol. The van der Waals surface area contributed by atoms with Gasteiger partial charge in [-0.15, -0.1) is 0 Å². The van der Waals surface area contributed by atoms with Crippen molar-refractivity contribution >= 4 is 28.0 Å². The average Bonchev–Trinajstić information content (AvgIpc) is 3.21. The molecule has 1 aliphatic heterocycles. The molecule has 1 atom stereocenters. The molecule has 1 aromatic carbocycles. The van der Waals surface area contributed by atoms with Gasteiger partial charge in [0.25, 0.3) is 5.56 Å². The van der Waals surface area contributed by atoms with Crippen molar-refractivity contribution < 1.29 is 0 Å². The Morgan fingerprint density at radius 3 is 2.81 bits per heavy atom. The SMILES string of the molecule is Cc1nc(Cn2c(=O)c3[nH]c(N4CCC[C@H](N)C4)nc3n(C)c2=O)nc2ccccc12.